The van der Waals surface area contributed by atoms with Gasteiger partial charge in [0.25, 0.3) is 0 Å². The van der Waals surface area contributed by atoms with Crippen molar-refractivity contribution in [1.82, 2.24) is 10.2 Å². The van der Waals surface area contributed by atoms with Gasteiger partial charge in [-0.3, -0.25) is 14.5 Å². The molecule has 0 aromatic heterocycles. The Balaban J connectivity index is 1.43. The molecule has 1 saturated carbocycles. The van der Waals surface area contributed by atoms with Gasteiger partial charge >= 0.3 is 0 Å². The van der Waals surface area contributed by atoms with E-state index in [-0.39, 0.29) is 30.3 Å². The maximum absolute atomic E-state index is 12.1. The molecule has 1 aromatic carbocycles. The van der Waals surface area contributed by atoms with Crippen molar-refractivity contribution in [3.05, 3.63) is 29.8 Å². The van der Waals surface area contributed by atoms with E-state index in [0.717, 1.165) is 24.2 Å². The third-order valence-corrected chi connectivity index (χ3v) is 3.85. The second-order valence-corrected chi connectivity index (χ2v) is 5.71. The number of imide groups is 1. The van der Waals surface area contributed by atoms with E-state index >= 15 is 0 Å². The molecule has 1 aliphatic carbocycles. The highest BCUT2D eigenvalue weighted by Crippen LogP contribution is 2.31. The maximum atomic E-state index is 12.1. The van der Waals surface area contributed by atoms with Crippen LogP contribution in [0, 0.1) is 6.92 Å². The van der Waals surface area contributed by atoms with Crippen molar-refractivity contribution < 1.29 is 14.3 Å². The van der Waals surface area contributed by atoms with E-state index in [4.69, 9.17) is 4.74 Å². The molecule has 1 saturated heterocycles. The highest BCUT2D eigenvalue weighted by molar-refractivity contribution is 6.06. The van der Waals surface area contributed by atoms with E-state index in [1.165, 1.54) is 4.90 Å². The third-order valence-electron chi connectivity index (χ3n) is 3.85. The molecule has 1 N–H and O–H groups in total. The minimum Gasteiger partial charge on any atom is -0.492 e. The quantitative estimate of drug-likeness (QED) is 0.632. The average molecular weight is 288 g/mol. The number of nitrogens with zero attached hydrogens (tertiary/aromatic N) is 1. The minimum atomic E-state index is -0.376. The lowest BCUT2D eigenvalue weighted by molar-refractivity contribution is -0.139. The Morgan fingerprint density at radius 3 is 2.86 bits per heavy atom. The Labute approximate surface area is 124 Å². The second-order valence-electron chi connectivity index (χ2n) is 5.71. The Hall–Kier alpha value is -1.88. The number of benzene rings is 1. The van der Waals surface area contributed by atoms with E-state index < -0.39 is 0 Å². The number of carbonyl (C=O) groups excluding carboxylic acids is 2. The molecule has 2 aliphatic rings. The number of likely N-dealkylation sites (tertiary alicyclic amines) is 1. The molecule has 21 heavy (non-hydrogen) atoms. The van der Waals surface area contributed by atoms with E-state index in [2.05, 4.69) is 5.32 Å². The van der Waals surface area contributed by atoms with Crippen molar-refractivity contribution in [2.45, 2.75) is 38.3 Å². The molecular weight excluding hydrogens is 268 g/mol. The summed E-state index contributed by atoms with van der Waals surface area (Å²) in [5, 5.41) is 3.12. The van der Waals surface area contributed by atoms with Gasteiger partial charge in [0.2, 0.25) is 11.8 Å². The summed E-state index contributed by atoms with van der Waals surface area (Å²) in [6.07, 6.45) is 2.20. The van der Waals surface area contributed by atoms with Crippen LogP contribution in [0.3, 0.4) is 0 Å². The van der Waals surface area contributed by atoms with Crippen LogP contribution in [-0.4, -0.2) is 41.9 Å². The second kappa shape index (κ2) is 5.85. The topological polar surface area (TPSA) is 58.6 Å². The number of nitrogens with one attached hydrogen (secondary N) is 1. The van der Waals surface area contributed by atoms with E-state index in [1.54, 1.807) is 0 Å². The van der Waals surface area contributed by atoms with E-state index in [9.17, 15) is 9.59 Å². The lowest BCUT2D eigenvalue weighted by Gasteiger charge is -2.14. The number of hydrogen-bond donors (Lipinski definition) is 1. The predicted octanol–water partition coefficient (Wildman–Crippen LogP) is 1.25. The van der Waals surface area contributed by atoms with Crippen molar-refractivity contribution in [1.29, 1.82) is 0 Å². The van der Waals surface area contributed by atoms with Crippen LogP contribution in [0.4, 0.5) is 0 Å². The molecule has 2 fully saturated rings. The number of amides is 2. The van der Waals surface area contributed by atoms with Gasteiger partial charge in [-0.1, -0.05) is 12.1 Å². The minimum absolute atomic E-state index is 0.0420. The van der Waals surface area contributed by atoms with Crippen molar-refractivity contribution in [3.8, 4) is 5.75 Å². The fraction of sp³-hybridized carbons (Fsp3) is 0.500. The molecule has 1 heterocycles. The summed E-state index contributed by atoms with van der Waals surface area (Å²) in [6.45, 7) is 3.04. The zero-order valence-corrected chi connectivity index (χ0v) is 12.2. The van der Waals surface area contributed by atoms with Crippen LogP contribution in [0.15, 0.2) is 24.3 Å². The summed E-state index contributed by atoms with van der Waals surface area (Å²) in [5.41, 5.74) is 1.15. The van der Waals surface area contributed by atoms with Gasteiger partial charge in [-0.25, -0.2) is 0 Å². The first-order valence-electron chi connectivity index (χ1n) is 7.44. The Bertz CT molecular complexity index is 554. The first kappa shape index (κ1) is 14.1. The monoisotopic (exact) mass is 288 g/mol. The number of ether oxygens (including phenoxy) is 1. The molecule has 5 heteroatoms. The zero-order chi connectivity index (χ0) is 14.8. The molecule has 2 amide bonds. The van der Waals surface area contributed by atoms with Gasteiger partial charge in [-0.2, -0.15) is 0 Å². The predicted molar refractivity (Wildman–Crippen MR) is 78.0 cm³/mol. The Kier molecular flexibility index (Phi) is 3.92. The molecule has 0 spiro atoms. The fourth-order valence-corrected chi connectivity index (χ4v) is 2.63. The van der Waals surface area contributed by atoms with Crippen LogP contribution in [0.25, 0.3) is 0 Å². The lowest BCUT2D eigenvalue weighted by atomic mass is 10.2. The smallest absolute Gasteiger partial charge is 0.247 e. The molecule has 1 aromatic rings. The summed E-state index contributed by atoms with van der Waals surface area (Å²) in [5.74, 6) is 0.711. The van der Waals surface area contributed by atoms with Gasteiger partial charge in [-0.05, 0) is 37.5 Å². The van der Waals surface area contributed by atoms with Crippen LogP contribution in [0.1, 0.15) is 24.8 Å². The van der Waals surface area contributed by atoms with E-state index in [0.29, 0.717) is 13.2 Å². The van der Waals surface area contributed by atoms with Crippen LogP contribution in [0.2, 0.25) is 0 Å². The van der Waals surface area contributed by atoms with Gasteiger partial charge in [-0.15, -0.1) is 0 Å². The number of hydrogen-bond acceptors (Lipinski definition) is 4. The number of rotatable bonds is 6. The lowest BCUT2D eigenvalue weighted by Crippen LogP contribution is -2.41. The van der Waals surface area contributed by atoms with Crippen molar-refractivity contribution in [2.24, 2.45) is 0 Å². The molecule has 5 nitrogen and oxygen atoms in total. The highest BCUT2D eigenvalue weighted by Gasteiger charge is 2.45. The van der Waals surface area contributed by atoms with Crippen molar-refractivity contribution in [2.75, 3.05) is 13.2 Å². The number of carbonyl (C=O) groups is 2. The first-order chi connectivity index (χ1) is 10.1. The zero-order valence-electron chi connectivity index (χ0n) is 12.2. The average Bonchev–Trinajstić information content (AvgIpc) is 3.23. The summed E-state index contributed by atoms with van der Waals surface area (Å²) in [7, 11) is 0. The van der Waals surface area contributed by atoms with Gasteiger partial charge in [0, 0.05) is 12.6 Å². The number of aryl methyl sites for hydroxylation is 1. The molecular formula is C16H20N2O3. The van der Waals surface area contributed by atoms with Crippen molar-refractivity contribution in [3.63, 3.8) is 0 Å². The summed E-state index contributed by atoms with van der Waals surface area (Å²) in [6, 6.07) is 7.63. The molecule has 1 aliphatic heterocycles. The Morgan fingerprint density at radius 1 is 1.33 bits per heavy atom. The normalized spacial score (nSPS) is 22.0. The van der Waals surface area contributed by atoms with Gasteiger partial charge < -0.3 is 10.1 Å². The van der Waals surface area contributed by atoms with Crippen LogP contribution >= 0.6 is 0 Å². The van der Waals surface area contributed by atoms with Gasteiger partial charge in [0.05, 0.1) is 12.5 Å². The molecule has 3 rings (SSSR count). The fourth-order valence-electron chi connectivity index (χ4n) is 2.63. The van der Waals surface area contributed by atoms with Crippen LogP contribution in [0.5, 0.6) is 5.75 Å². The van der Waals surface area contributed by atoms with E-state index in [1.807, 2.05) is 31.2 Å². The molecule has 112 valence electrons. The van der Waals surface area contributed by atoms with Gasteiger partial charge in [0.1, 0.15) is 12.4 Å². The summed E-state index contributed by atoms with van der Waals surface area (Å²) < 4.78 is 5.62. The standard InChI is InChI=1S/C16H20N2O3/c1-11-3-2-4-13(9-11)21-8-7-17-14-10-15(19)18(16(14)20)12-5-6-12/h2-4,9,12,14,17H,5-8,10H2,1H3. The summed E-state index contributed by atoms with van der Waals surface area (Å²) in [4.78, 5) is 25.4. The summed E-state index contributed by atoms with van der Waals surface area (Å²) >= 11 is 0. The Morgan fingerprint density at radius 2 is 2.14 bits per heavy atom. The molecule has 1 atom stereocenters. The van der Waals surface area contributed by atoms with Crippen LogP contribution in [-0.2, 0) is 9.59 Å². The highest BCUT2D eigenvalue weighted by atomic mass is 16.5. The third kappa shape index (κ3) is 3.24. The maximum Gasteiger partial charge on any atom is 0.247 e. The van der Waals surface area contributed by atoms with Gasteiger partial charge in [0.15, 0.2) is 0 Å². The first-order valence-corrected chi connectivity index (χ1v) is 7.44. The molecule has 1 unspecified atom stereocenters. The molecule has 0 radical (unpaired) electrons. The SMILES string of the molecule is Cc1cccc(OCCNC2CC(=O)N(C3CC3)C2=O)c1. The largest absolute Gasteiger partial charge is 0.492 e. The van der Waals surface area contributed by atoms with Crippen molar-refractivity contribution >= 4 is 11.8 Å². The van der Waals surface area contributed by atoms with Crippen LogP contribution < -0.4 is 10.1 Å². The molecule has 0 bridgehead atoms.